The molecule has 5 rings (SSSR count). The van der Waals surface area contributed by atoms with E-state index in [1.54, 1.807) is 0 Å². The molecule has 1 aliphatic heterocycles. The number of anilines is 2. The molecular formula is C21H17BrN2. The number of pyridine rings is 1. The third kappa shape index (κ3) is 2.12. The molecule has 0 saturated heterocycles. The van der Waals surface area contributed by atoms with Crippen molar-refractivity contribution in [1.29, 1.82) is 0 Å². The van der Waals surface area contributed by atoms with Gasteiger partial charge in [0, 0.05) is 10.8 Å². The fraction of sp³-hybridized carbons (Fsp3) is 0.0952. The molecule has 0 saturated carbocycles. The Hall–Kier alpha value is -2.39. The first-order valence-electron chi connectivity index (χ1n) is 8.09. The molecule has 0 atom stereocenters. The first-order valence-corrected chi connectivity index (χ1v) is 8.09. The van der Waals surface area contributed by atoms with Crippen LogP contribution in [0, 0.1) is 0 Å². The van der Waals surface area contributed by atoms with Crippen molar-refractivity contribution < 1.29 is 21.5 Å². The maximum Gasteiger partial charge on any atom is 0.290 e. The number of nitrogens with zero attached hydrogens (tertiary/aromatic N) is 2. The lowest BCUT2D eigenvalue weighted by Gasteiger charge is -2.13. The molecule has 3 heteroatoms. The fourth-order valence-electron chi connectivity index (χ4n) is 3.79. The van der Waals surface area contributed by atoms with Gasteiger partial charge in [0.25, 0.3) is 5.82 Å². The molecule has 2 nitrogen and oxygen atoms in total. The lowest BCUT2D eigenvalue weighted by Crippen LogP contribution is -3.00. The highest BCUT2D eigenvalue weighted by Gasteiger charge is 2.33. The predicted octanol–water partition coefficient (Wildman–Crippen LogP) is 1.44. The van der Waals surface area contributed by atoms with Crippen molar-refractivity contribution in [2.45, 2.75) is 6.54 Å². The van der Waals surface area contributed by atoms with Gasteiger partial charge in [0.2, 0.25) is 0 Å². The predicted molar refractivity (Wildman–Crippen MR) is 95.1 cm³/mol. The first kappa shape index (κ1) is 15.2. The molecule has 1 aliphatic rings. The number of hydrogen-bond donors (Lipinski definition) is 0. The summed E-state index contributed by atoms with van der Waals surface area (Å²) in [5.41, 5.74) is 2.58. The molecule has 2 heterocycles. The van der Waals surface area contributed by atoms with E-state index in [4.69, 9.17) is 0 Å². The van der Waals surface area contributed by atoms with Crippen LogP contribution in [0.25, 0.3) is 21.7 Å². The summed E-state index contributed by atoms with van der Waals surface area (Å²) in [5.74, 6) is 1.31. The number of halogens is 1. The smallest absolute Gasteiger partial charge is 0.290 e. The van der Waals surface area contributed by atoms with Crippen LogP contribution in [0.3, 0.4) is 0 Å². The molecule has 0 N–H and O–H groups in total. The summed E-state index contributed by atoms with van der Waals surface area (Å²) in [6.45, 7) is 2.04. The van der Waals surface area contributed by atoms with Crippen LogP contribution in [0.1, 0.15) is 0 Å². The third-order valence-corrected chi connectivity index (χ3v) is 4.78. The van der Waals surface area contributed by atoms with E-state index in [9.17, 15) is 0 Å². The Kier molecular flexibility index (Phi) is 3.73. The molecule has 118 valence electrons. The van der Waals surface area contributed by atoms with E-state index in [-0.39, 0.29) is 17.0 Å². The average Bonchev–Trinajstić information content (AvgIpc) is 3.08. The topological polar surface area (TPSA) is 7.12 Å². The van der Waals surface area contributed by atoms with Crippen molar-refractivity contribution in [2.24, 2.45) is 0 Å². The zero-order valence-electron chi connectivity index (χ0n) is 13.2. The zero-order valence-corrected chi connectivity index (χ0v) is 14.8. The molecule has 4 aromatic rings. The van der Waals surface area contributed by atoms with Crippen molar-refractivity contribution >= 4 is 33.2 Å². The lowest BCUT2D eigenvalue weighted by atomic mass is 10.1. The highest BCUT2D eigenvalue weighted by molar-refractivity contribution is 6.08. The number of benzene rings is 3. The minimum absolute atomic E-state index is 0. The lowest BCUT2D eigenvalue weighted by molar-refractivity contribution is -0.643. The molecule has 0 unspecified atom stereocenters. The Labute approximate surface area is 151 Å². The van der Waals surface area contributed by atoms with Gasteiger partial charge >= 0.3 is 0 Å². The molecule has 0 spiro atoms. The SMILES string of the molecule is [Br-].c1ccc(N2CC[n+]3c2c2ccccc2c2ccccc23)cc1. The van der Waals surface area contributed by atoms with Gasteiger partial charge in [-0.15, -0.1) is 0 Å². The van der Waals surface area contributed by atoms with Crippen LogP contribution in [-0.2, 0) is 6.54 Å². The molecule has 3 aromatic carbocycles. The molecule has 1 aromatic heterocycles. The third-order valence-electron chi connectivity index (χ3n) is 4.78. The zero-order chi connectivity index (χ0) is 15.2. The second-order valence-corrected chi connectivity index (χ2v) is 6.03. The molecule has 0 radical (unpaired) electrons. The Morgan fingerprint density at radius 2 is 1.29 bits per heavy atom. The second-order valence-electron chi connectivity index (χ2n) is 6.03. The Morgan fingerprint density at radius 1 is 0.667 bits per heavy atom. The summed E-state index contributed by atoms with van der Waals surface area (Å²) in [5, 5.41) is 3.99. The van der Waals surface area contributed by atoms with Crippen molar-refractivity contribution in [2.75, 3.05) is 11.4 Å². The standard InChI is InChI=1S/C21H17N2.BrH/c1-2-8-16(9-3-1)22-14-15-23-20-13-7-6-11-18(20)17-10-4-5-12-19(17)21(22)23;/h1-13H,14-15H2;1H/q+1;/p-1. The van der Waals surface area contributed by atoms with Crippen LogP contribution >= 0.6 is 0 Å². The van der Waals surface area contributed by atoms with Crippen LogP contribution in [-0.4, -0.2) is 6.54 Å². The first-order chi connectivity index (χ1) is 11.4. The summed E-state index contributed by atoms with van der Waals surface area (Å²) in [6.07, 6.45) is 0. The van der Waals surface area contributed by atoms with Gasteiger partial charge in [-0.25, -0.2) is 9.47 Å². The average molecular weight is 377 g/mol. The number of rotatable bonds is 1. The summed E-state index contributed by atoms with van der Waals surface area (Å²) in [7, 11) is 0. The van der Waals surface area contributed by atoms with Gasteiger partial charge in [-0.1, -0.05) is 54.6 Å². The Balaban J connectivity index is 0.00000146. The largest absolute Gasteiger partial charge is 1.00 e. The number of hydrogen-bond acceptors (Lipinski definition) is 1. The molecule has 0 aliphatic carbocycles. The fourth-order valence-corrected chi connectivity index (χ4v) is 3.79. The van der Waals surface area contributed by atoms with Crippen molar-refractivity contribution in [3.8, 4) is 0 Å². The molecule has 0 bridgehead atoms. The van der Waals surface area contributed by atoms with E-state index in [1.165, 1.54) is 33.2 Å². The van der Waals surface area contributed by atoms with Crippen LogP contribution in [0.5, 0.6) is 0 Å². The van der Waals surface area contributed by atoms with Crippen molar-refractivity contribution in [1.82, 2.24) is 0 Å². The summed E-state index contributed by atoms with van der Waals surface area (Å²) < 4.78 is 2.46. The highest BCUT2D eigenvalue weighted by atomic mass is 79.9. The minimum atomic E-state index is 0. The number of para-hydroxylation sites is 2. The summed E-state index contributed by atoms with van der Waals surface area (Å²) >= 11 is 0. The van der Waals surface area contributed by atoms with E-state index in [1.807, 2.05) is 0 Å². The summed E-state index contributed by atoms with van der Waals surface area (Å²) in [6, 6.07) is 28.2. The number of fused-ring (bicyclic) bond motifs is 6. The highest BCUT2D eigenvalue weighted by Crippen LogP contribution is 2.35. The van der Waals surface area contributed by atoms with Crippen LogP contribution in [0.2, 0.25) is 0 Å². The summed E-state index contributed by atoms with van der Waals surface area (Å²) in [4.78, 5) is 2.44. The van der Waals surface area contributed by atoms with Gasteiger partial charge in [-0.3, -0.25) is 0 Å². The van der Waals surface area contributed by atoms with Crippen molar-refractivity contribution in [3.05, 3.63) is 78.9 Å². The maximum atomic E-state index is 2.46. The van der Waals surface area contributed by atoms with E-state index >= 15 is 0 Å². The molecular weight excluding hydrogens is 360 g/mol. The Bertz CT molecular complexity index is 1030. The van der Waals surface area contributed by atoms with Gasteiger partial charge in [0.05, 0.1) is 5.39 Å². The quantitative estimate of drug-likeness (QED) is 0.360. The van der Waals surface area contributed by atoms with Gasteiger partial charge < -0.3 is 17.0 Å². The van der Waals surface area contributed by atoms with Gasteiger partial charge in [0.1, 0.15) is 24.3 Å². The number of aromatic nitrogens is 1. The molecule has 0 fully saturated rings. The minimum Gasteiger partial charge on any atom is -1.00 e. The Morgan fingerprint density at radius 3 is 2.08 bits per heavy atom. The monoisotopic (exact) mass is 376 g/mol. The normalized spacial score (nSPS) is 13.1. The van der Waals surface area contributed by atoms with E-state index < -0.39 is 0 Å². The van der Waals surface area contributed by atoms with Gasteiger partial charge in [0.15, 0.2) is 0 Å². The molecule has 0 amide bonds. The van der Waals surface area contributed by atoms with Crippen LogP contribution in [0.15, 0.2) is 78.9 Å². The van der Waals surface area contributed by atoms with E-state index in [0.717, 1.165) is 13.1 Å². The van der Waals surface area contributed by atoms with Gasteiger partial charge in [-0.2, -0.15) is 0 Å². The van der Waals surface area contributed by atoms with Gasteiger partial charge in [-0.05, 0) is 24.3 Å². The maximum absolute atomic E-state index is 2.46. The second kappa shape index (κ2) is 5.91. The molecule has 24 heavy (non-hydrogen) atoms. The van der Waals surface area contributed by atoms with E-state index in [2.05, 4.69) is 88.3 Å². The van der Waals surface area contributed by atoms with Crippen molar-refractivity contribution in [3.63, 3.8) is 0 Å². The van der Waals surface area contributed by atoms with Crippen LogP contribution in [0.4, 0.5) is 11.5 Å². The van der Waals surface area contributed by atoms with Crippen LogP contribution < -0.4 is 26.4 Å². The van der Waals surface area contributed by atoms with E-state index in [0.29, 0.717) is 0 Å².